The van der Waals surface area contributed by atoms with Crippen molar-refractivity contribution in [1.29, 1.82) is 0 Å². The lowest BCUT2D eigenvalue weighted by molar-refractivity contribution is 0.639. The molecule has 1 fully saturated rings. The Kier molecular flexibility index (Phi) is 4.00. The van der Waals surface area contributed by atoms with Gasteiger partial charge in [0.25, 0.3) is 5.56 Å². The largest absolute Gasteiger partial charge is 0.303 e. The summed E-state index contributed by atoms with van der Waals surface area (Å²) >= 11 is 3.43. The summed E-state index contributed by atoms with van der Waals surface area (Å²) in [5.74, 6) is 1.94. The summed E-state index contributed by atoms with van der Waals surface area (Å²) in [7, 11) is 0. The molecular weight excluding hydrogens is 368 g/mol. The maximum atomic E-state index is 12.7. The minimum Gasteiger partial charge on any atom is -0.303 e. The van der Waals surface area contributed by atoms with Crippen LogP contribution < -0.4 is 5.56 Å². The normalized spacial score (nSPS) is 15.4. The number of nitrogens with one attached hydrogen (secondary N) is 1. The molecule has 1 aliphatic rings. The van der Waals surface area contributed by atoms with Crippen LogP contribution in [0.1, 0.15) is 50.0 Å². The van der Waals surface area contributed by atoms with Gasteiger partial charge in [-0.05, 0) is 31.4 Å². The first kappa shape index (κ1) is 15.6. The zero-order chi connectivity index (χ0) is 16.7. The number of aryl methyl sites for hydroxylation is 1. The molecule has 5 nitrogen and oxygen atoms in total. The Balaban J connectivity index is 1.93. The third-order valence-corrected chi connectivity index (χ3v) is 5.30. The second-order valence-electron chi connectivity index (χ2n) is 6.32. The van der Waals surface area contributed by atoms with Crippen LogP contribution >= 0.6 is 15.9 Å². The number of halogens is 1. The van der Waals surface area contributed by atoms with Crippen LogP contribution in [-0.2, 0) is 6.42 Å². The van der Waals surface area contributed by atoms with E-state index >= 15 is 0 Å². The van der Waals surface area contributed by atoms with Gasteiger partial charge >= 0.3 is 0 Å². The number of benzene rings is 1. The van der Waals surface area contributed by atoms with E-state index in [1.165, 1.54) is 12.8 Å². The molecule has 24 heavy (non-hydrogen) atoms. The number of aromatic amines is 1. The number of nitrogens with zero attached hydrogens (tertiary/aromatic N) is 3. The van der Waals surface area contributed by atoms with Gasteiger partial charge in [0.15, 0.2) is 11.3 Å². The molecule has 124 valence electrons. The molecule has 0 saturated heterocycles. The average Bonchev–Trinajstić information content (AvgIpc) is 3.22. The molecule has 2 heterocycles. The molecular formula is C18H19BrN4O. The quantitative estimate of drug-likeness (QED) is 0.737. The van der Waals surface area contributed by atoms with E-state index in [1.807, 2.05) is 31.2 Å². The Morgan fingerprint density at radius 3 is 2.62 bits per heavy atom. The molecule has 0 atom stereocenters. The van der Waals surface area contributed by atoms with Crippen molar-refractivity contribution in [3.8, 4) is 11.4 Å². The molecule has 1 N–H and O–H groups in total. The van der Waals surface area contributed by atoms with Gasteiger partial charge in [-0.1, -0.05) is 47.8 Å². The Morgan fingerprint density at radius 2 is 1.96 bits per heavy atom. The third-order valence-electron chi connectivity index (χ3n) is 4.77. The monoisotopic (exact) mass is 386 g/mol. The fourth-order valence-corrected chi connectivity index (χ4v) is 3.79. The number of aromatic nitrogens is 4. The molecule has 0 radical (unpaired) electrons. The average molecular weight is 387 g/mol. The highest BCUT2D eigenvalue weighted by molar-refractivity contribution is 9.10. The molecule has 1 aliphatic carbocycles. The molecule has 0 spiro atoms. The maximum absolute atomic E-state index is 12.7. The van der Waals surface area contributed by atoms with Crippen LogP contribution in [0, 0.1) is 0 Å². The van der Waals surface area contributed by atoms with E-state index in [0.717, 1.165) is 40.8 Å². The predicted molar refractivity (Wildman–Crippen MR) is 97.3 cm³/mol. The van der Waals surface area contributed by atoms with Gasteiger partial charge < -0.3 is 4.98 Å². The first-order chi connectivity index (χ1) is 11.7. The van der Waals surface area contributed by atoms with Crippen molar-refractivity contribution in [2.45, 2.75) is 44.9 Å². The van der Waals surface area contributed by atoms with Crippen molar-refractivity contribution in [2.75, 3.05) is 0 Å². The summed E-state index contributed by atoms with van der Waals surface area (Å²) in [5, 5.41) is 4.73. The van der Waals surface area contributed by atoms with Crippen molar-refractivity contribution < 1.29 is 0 Å². The smallest absolute Gasteiger partial charge is 0.277 e. The molecule has 0 amide bonds. The highest BCUT2D eigenvalue weighted by Crippen LogP contribution is 2.34. The molecule has 6 heteroatoms. The molecule has 4 rings (SSSR count). The van der Waals surface area contributed by atoms with Gasteiger partial charge in [-0.2, -0.15) is 0 Å². The first-order valence-corrected chi connectivity index (χ1v) is 9.24. The van der Waals surface area contributed by atoms with Gasteiger partial charge in [0.2, 0.25) is 0 Å². The van der Waals surface area contributed by atoms with Crippen LogP contribution in [-0.4, -0.2) is 19.6 Å². The van der Waals surface area contributed by atoms with Crippen LogP contribution in [0.5, 0.6) is 0 Å². The Bertz CT molecular complexity index is 936. The topological polar surface area (TPSA) is 63.1 Å². The molecule has 0 unspecified atom stereocenters. The van der Waals surface area contributed by atoms with Gasteiger partial charge in [-0.3, -0.25) is 4.79 Å². The van der Waals surface area contributed by atoms with Crippen molar-refractivity contribution in [3.05, 3.63) is 50.6 Å². The number of hydrogen-bond acceptors (Lipinski definition) is 3. The SMILES string of the molecule is CCc1nc(C2CCCC2)n2nc(-c3ccc(Br)cc3)[nH]c(=O)c12. The van der Waals surface area contributed by atoms with E-state index in [2.05, 4.69) is 20.9 Å². The van der Waals surface area contributed by atoms with Crippen molar-refractivity contribution >= 4 is 21.4 Å². The van der Waals surface area contributed by atoms with E-state index in [1.54, 1.807) is 4.52 Å². The molecule has 1 aromatic carbocycles. The molecule has 1 saturated carbocycles. The van der Waals surface area contributed by atoms with Gasteiger partial charge in [-0.25, -0.2) is 9.50 Å². The molecule has 0 bridgehead atoms. The minimum absolute atomic E-state index is 0.114. The summed E-state index contributed by atoms with van der Waals surface area (Å²) in [4.78, 5) is 20.4. The lowest BCUT2D eigenvalue weighted by atomic mass is 10.1. The maximum Gasteiger partial charge on any atom is 0.277 e. The van der Waals surface area contributed by atoms with Crippen LogP contribution in [0.4, 0.5) is 0 Å². The summed E-state index contributed by atoms with van der Waals surface area (Å²) in [6.07, 6.45) is 5.45. The number of rotatable bonds is 3. The Hall–Kier alpha value is -1.95. The predicted octanol–water partition coefficient (Wildman–Crippen LogP) is 4.07. The Morgan fingerprint density at radius 1 is 1.25 bits per heavy atom. The van der Waals surface area contributed by atoms with Crippen LogP contribution in [0.3, 0.4) is 0 Å². The lowest BCUT2D eigenvalue weighted by Crippen LogP contribution is -2.16. The summed E-state index contributed by atoms with van der Waals surface area (Å²) in [6, 6.07) is 7.79. The van der Waals surface area contributed by atoms with Crippen molar-refractivity contribution in [1.82, 2.24) is 19.6 Å². The van der Waals surface area contributed by atoms with E-state index in [9.17, 15) is 4.79 Å². The molecule has 0 aliphatic heterocycles. The van der Waals surface area contributed by atoms with Gasteiger partial charge in [0.1, 0.15) is 5.82 Å². The summed E-state index contributed by atoms with van der Waals surface area (Å²) in [5.41, 5.74) is 2.21. The van der Waals surface area contributed by atoms with E-state index in [0.29, 0.717) is 17.3 Å². The standard InChI is InChI=1S/C18H19BrN4O/c1-2-14-15-18(24)21-16(11-7-9-13(19)10-8-11)22-23(15)17(20-14)12-5-3-4-6-12/h7-10,12H,2-6H2,1H3,(H,21,22,24). The lowest BCUT2D eigenvalue weighted by Gasteiger charge is -2.08. The van der Waals surface area contributed by atoms with Crippen molar-refractivity contribution in [3.63, 3.8) is 0 Å². The summed E-state index contributed by atoms with van der Waals surface area (Å²) in [6.45, 7) is 2.03. The van der Waals surface area contributed by atoms with Gasteiger partial charge in [0.05, 0.1) is 5.69 Å². The zero-order valence-electron chi connectivity index (χ0n) is 13.6. The minimum atomic E-state index is -0.114. The molecule has 2 aromatic heterocycles. The third kappa shape index (κ3) is 2.59. The number of imidazole rings is 1. The van der Waals surface area contributed by atoms with E-state index in [-0.39, 0.29) is 5.56 Å². The van der Waals surface area contributed by atoms with Crippen LogP contribution in [0.2, 0.25) is 0 Å². The first-order valence-electron chi connectivity index (χ1n) is 8.45. The highest BCUT2D eigenvalue weighted by atomic mass is 79.9. The second kappa shape index (κ2) is 6.16. The van der Waals surface area contributed by atoms with Gasteiger partial charge in [0, 0.05) is 16.0 Å². The van der Waals surface area contributed by atoms with Crippen molar-refractivity contribution in [2.24, 2.45) is 0 Å². The fraction of sp³-hybridized carbons (Fsp3) is 0.389. The zero-order valence-corrected chi connectivity index (χ0v) is 15.1. The fourth-order valence-electron chi connectivity index (χ4n) is 3.53. The van der Waals surface area contributed by atoms with E-state index in [4.69, 9.17) is 10.1 Å². The van der Waals surface area contributed by atoms with Gasteiger partial charge in [-0.15, -0.1) is 5.10 Å². The van der Waals surface area contributed by atoms with E-state index < -0.39 is 0 Å². The molecule has 3 aromatic rings. The second-order valence-corrected chi connectivity index (χ2v) is 7.24. The highest BCUT2D eigenvalue weighted by Gasteiger charge is 2.25. The number of hydrogen-bond donors (Lipinski definition) is 1. The number of H-pyrrole nitrogens is 1. The van der Waals surface area contributed by atoms with Crippen LogP contribution in [0.15, 0.2) is 33.5 Å². The Labute approximate surface area is 148 Å². The summed E-state index contributed by atoms with van der Waals surface area (Å²) < 4.78 is 2.79. The van der Waals surface area contributed by atoms with Crippen LogP contribution in [0.25, 0.3) is 16.9 Å². The number of fused-ring (bicyclic) bond motifs is 1.